The maximum Gasteiger partial charge on any atom is 0.146 e. The van der Waals surface area contributed by atoms with Gasteiger partial charge in [-0.05, 0) is 48.4 Å². The molecule has 4 aromatic rings. The van der Waals surface area contributed by atoms with E-state index in [-0.39, 0.29) is 0 Å². The van der Waals surface area contributed by atoms with Crippen molar-refractivity contribution < 1.29 is 4.74 Å². The van der Waals surface area contributed by atoms with Crippen molar-refractivity contribution in [1.82, 2.24) is 19.7 Å². The fourth-order valence-corrected chi connectivity index (χ4v) is 3.79. The van der Waals surface area contributed by atoms with E-state index in [0.29, 0.717) is 0 Å². The third kappa shape index (κ3) is 2.97. The Hall–Kier alpha value is -3.41. The Morgan fingerprint density at radius 3 is 2.86 bits per heavy atom. The Bertz CT molecular complexity index is 1170. The zero-order valence-corrected chi connectivity index (χ0v) is 16.0. The molecule has 0 N–H and O–H groups in total. The second-order valence-corrected chi connectivity index (χ2v) is 7.18. The molecule has 6 nitrogen and oxygen atoms in total. The summed E-state index contributed by atoms with van der Waals surface area (Å²) in [7, 11) is 1.94. The van der Waals surface area contributed by atoms with Gasteiger partial charge in [0.05, 0.1) is 17.9 Å². The lowest BCUT2D eigenvalue weighted by Gasteiger charge is -2.30. The summed E-state index contributed by atoms with van der Waals surface area (Å²) in [5.41, 5.74) is 4.60. The van der Waals surface area contributed by atoms with E-state index in [1.807, 2.05) is 54.6 Å². The molecule has 0 radical (unpaired) electrons. The van der Waals surface area contributed by atoms with Gasteiger partial charge in [-0.2, -0.15) is 5.10 Å². The lowest BCUT2D eigenvalue weighted by Crippen LogP contribution is -2.32. The number of benzene rings is 1. The van der Waals surface area contributed by atoms with Crippen LogP contribution in [0.4, 0.5) is 5.82 Å². The van der Waals surface area contributed by atoms with Crippen molar-refractivity contribution in [3.63, 3.8) is 0 Å². The predicted molar refractivity (Wildman–Crippen MR) is 109 cm³/mol. The van der Waals surface area contributed by atoms with E-state index in [2.05, 4.69) is 39.0 Å². The van der Waals surface area contributed by atoms with Gasteiger partial charge in [0, 0.05) is 43.8 Å². The number of aromatic nitrogens is 4. The third-order valence-electron chi connectivity index (χ3n) is 5.25. The minimum Gasteiger partial charge on any atom is -0.456 e. The number of anilines is 1. The van der Waals surface area contributed by atoms with Crippen LogP contribution in [-0.2, 0) is 20.0 Å². The summed E-state index contributed by atoms with van der Waals surface area (Å²) in [6, 6.07) is 12.2. The number of hydrogen-bond acceptors (Lipinski definition) is 5. The van der Waals surface area contributed by atoms with E-state index in [1.54, 1.807) is 0 Å². The van der Waals surface area contributed by atoms with Crippen molar-refractivity contribution in [3.8, 4) is 11.5 Å². The summed E-state index contributed by atoms with van der Waals surface area (Å²) in [5.74, 6) is 2.58. The number of ether oxygens (including phenoxy) is 1. The molecule has 28 heavy (non-hydrogen) atoms. The van der Waals surface area contributed by atoms with Crippen molar-refractivity contribution in [3.05, 3.63) is 71.8 Å². The SMILES string of the molecule is Cc1cccnc1N1CCc2ncc(Oc3ccc4c(cnn4C)c3)cc2C1. The Balaban J connectivity index is 1.40. The van der Waals surface area contributed by atoms with Crippen LogP contribution in [-0.4, -0.2) is 26.3 Å². The number of pyridine rings is 2. The van der Waals surface area contributed by atoms with Crippen LogP contribution in [0.5, 0.6) is 11.5 Å². The number of nitrogens with zero attached hydrogens (tertiary/aromatic N) is 5. The Labute approximate surface area is 163 Å². The van der Waals surface area contributed by atoms with Crippen LogP contribution in [0.15, 0.2) is 55.0 Å². The van der Waals surface area contributed by atoms with Crippen molar-refractivity contribution in [1.29, 1.82) is 0 Å². The number of hydrogen-bond donors (Lipinski definition) is 0. The molecule has 0 fully saturated rings. The van der Waals surface area contributed by atoms with Crippen LogP contribution in [0.1, 0.15) is 16.8 Å². The number of aryl methyl sites for hydroxylation is 2. The summed E-state index contributed by atoms with van der Waals surface area (Å²) >= 11 is 0. The molecule has 6 heteroatoms. The van der Waals surface area contributed by atoms with E-state index in [4.69, 9.17) is 4.74 Å². The third-order valence-corrected chi connectivity index (χ3v) is 5.25. The lowest BCUT2D eigenvalue weighted by atomic mass is 10.0. The second-order valence-electron chi connectivity index (χ2n) is 7.18. The molecule has 1 aromatic carbocycles. The quantitative estimate of drug-likeness (QED) is 0.544. The second kappa shape index (κ2) is 6.64. The van der Waals surface area contributed by atoms with Gasteiger partial charge in [-0.1, -0.05) is 6.07 Å². The minimum absolute atomic E-state index is 0.751. The average molecular weight is 371 g/mol. The van der Waals surface area contributed by atoms with Crippen LogP contribution in [0, 0.1) is 6.92 Å². The molecule has 140 valence electrons. The highest BCUT2D eigenvalue weighted by Crippen LogP contribution is 2.29. The number of rotatable bonds is 3. The zero-order chi connectivity index (χ0) is 19.1. The highest BCUT2D eigenvalue weighted by atomic mass is 16.5. The van der Waals surface area contributed by atoms with Crippen molar-refractivity contribution in [2.45, 2.75) is 19.9 Å². The molecule has 1 aliphatic heterocycles. The Morgan fingerprint density at radius 2 is 1.96 bits per heavy atom. The van der Waals surface area contributed by atoms with Crippen LogP contribution < -0.4 is 9.64 Å². The van der Waals surface area contributed by atoms with Crippen molar-refractivity contribution in [2.75, 3.05) is 11.4 Å². The molecule has 1 aliphatic rings. The monoisotopic (exact) mass is 371 g/mol. The normalized spacial score (nSPS) is 13.6. The first-order chi connectivity index (χ1) is 13.7. The van der Waals surface area contributed by atoms with Gasteiger partial charge < -0.3 is 9.64 Å². The van der Waals surface area contributed by atoms with Crippen LogP contribution in [0.2, 0.25) is 0 Å². The highest BCUT2D eigenvalue weighted by molar-refractivity contribution is 5.80. The van der Waals surface area contributed by atoms with E-state index < -0.39 is 0 Å². The Morgan fingerprint density at radius 1 is 1.04 bits per heavy atom. The topological polar surface area (TPSA) is 56.1 Å². The summed E-state index contributed by atoms with van der Waals surface area (Å²) in [5, 5.41) is 5.34. The molecule has 3 aromatic heterocycles. The fourth-order valence-electron chi connectivity index (χ4n) is 3.79. The molecule has 0 amide bonds. The summed E-state index contributed by atoms with van der Waals surface area (Å²) < 4.78 is 7.95. The molecule has 0 saturated carbocycles. The van der Waals surface area contributed by atoms with Crippen molar-refractivity contribution in [2.24, 2.45) is 7.05 Å². The first-order valence-electron chi connectivity index (χ1n) is 9.41. The molecule has 0 saturated heterocycles. The minimum atomic E-state index is 0.751. The van der Waals surface area contributed by atoms with Gasteiger partial charge in [-0.3, -0.25) is 9.67 Å². The van der Waals surface area contributed by atoms with Gasteiger partial charge in [-0.15, -0.1) is 0 Å². The first-order valence-corrected chi connectivity index (χ1v) is 9.41. The molecular formula is C22H21N5O. The van der Waals surface area contributed by atoms with Crippen LogP contribution >= 0.6 is 0 Å². The maximum atomic E-state index is 6.09. The Kier molecular flexibility index (Phi) is 3.97. The van der Waals surface area contributed by atoms with Gasteiger partial charge >= 0.3 is 0 Å². The molecule has 0 atom stereocenters. The maximum absolute atomic E-state index is 6.09. The molecular weight excluding hydrogens is 350 g/mol. The average Bonchev–Trinajstić information content (AvgIpc) is 3.08. The highest BCUT2D eigenvalue weighted by Gasteiger charge is 2.20. The molecule has 5 rings (SSSR count). The molecule has 0 spiro atoms. The molecule has 0 unspecified atom stereocenters. The van der Waals surface area contributed by atoms with Gasteiger partial charge in [0.2, 0.25) is 0 Å². The largest absolute Gasteiger partial charge is 0.456 e. The molecule has 4 heterocycles. The van der Waals surface area contributed by atoms with E-state index >= 15 is 0 Å². The first kappa shape index (κ1) is 16.7. The standard InChI is InChI=1S/C22H21N5O/c1-15-4-3-8-23-22(15)27-9-7-20-17(14-27)11-19(13-24-20)28-18-5-6-21-16(10-18)12-25-26(21)2/h3-6,8,10-13H,7,9,14H2,1-2H3. The van der Waals surface area contributed by atoms with Gasteiger partial charge in [0.15, 0.2) is 0 Å². The fraction of sp³-hybridized carbons (Fsp3) is 0.227. The molecule has 0 aliphatic carbocycles. The van der Waals surface area contributed by atoms with Crippen LogP contribution in [0.25, 0.3) is 10.9 Å². The van der Waals surface area contributed by atoms with Gasteiger partial charge in [-0.25, -0.2) is 4.98 Å². The summed E-state index contributed by atoms with van der Waals surface area (Å²) in [4.78, 5) is 11.5. The predicted octanol–water partition coefficient (Wildman–Crippen LogP) is 4.03. The van der Waals surface area contributed by atoms with E-state index in [0.717, 1.165) is 53.4 Å². The zero-order valence-electron chi connectivity index (χ0n) is 16.0. The van der Waals surface area contributed by atoms with Crippen molar-refractivity contribution >= 4 is 16.7 Å². The summed E-state index contributed by atoms with van der Waals surface area (Å²) in [6.45, 7) is 3.82. The summed E-state index contributed by atoms with van der Waals surface area (Å²) in [6.07, 6.45) is 6.42. The number of fused-ring (bicyclic) bond motifs is 2. The van der Waals surface area contributed by atoms with E-state index in [1.165, 1.54) is 11.1 Å². The smallest absolute Gasteiger partial charge is 0.146 e. The van der Waals surface area contributed by atoms with E-state index in [9.17, 15) is 0 Å². The molecule has 0 bridgehead atoms. The van der Waals surface area contributed by atoms with Gasteiger partial charge in [0.1, 0.15) is 17.3 Å². The lowest BCUT2D eigenvalue weighted by molar-refractivity contribution is 0.478. The van der Waals surface area contributed by atoms with Gasteiger partial charge in [0.25, 0.3) is 0 Å². The van der Waals surface area contributed by atoms with Crippen LogP contribution in [0.3, 0.4) is 0 Å².